The molecule has 1 N–H and O–H groups in total. The normalized spacial score (nSPS) is 25.6. The highest BCUT2D eigenvalue weighted by molar-refractivity contribution is 6.30. The predicted molar refractivity (Wildman–Crippen MR) is 113 cm³/mol. The van der Waals surface area contributed by atoms with Gasteiger partial charge < -0.3 is 10.1 Å². The van der Waals surface area contributed by atoms with Crippen LogP contribution in [0.1, 0.15) is 19.8 Å². The van der Waals surface area contributed by atoms with Crippen LogP contribution in [0.3, 0.4) is 0 Å². The van der Waals surface area contributed by atoms with Crippen LogP contribution in [0.5, 0.6) is 5.88 Å². The number of rotatable bonds is 5. The zero-order valence-corrected chi connectivity index (χ0v) is 17.1. The summed E-state index contributed by atoms with van der Waals surface area (Å²) in [5, 5.41) is 4.20. The molecule has 1 aromatic heterocycles. The summed E-state index contributed by atoms with van der Waals surface area (Å²) in [6, 6.07) is 11.6. The van der Waals surface area contributed by atoms with E-state index < -0.39 is 0 Å². The number of hydrogen-bond acceptors (Lipinski definition) is 4. The molecule has 2 aromatic carbocycles. The first kappa shape index (κ1) is 19.2. The third-order valence-corrected chi connectivity index (χ3v) is 6.66. The van der Waals surface area contributed by atoms with Crippen molar-refractivity contribution in [3.63, 3.8) is 0 Å². The quantitative estimate of drug-likeness (QED) is 0.617. The first-order chi connectivity index (χ1) is 14.5. The Labute approximate surface area is 178 Å². The van der Waals surface area contributed by atoms with Gasteiger partial charge in [0.15, 0.2) is 0 Å². The number of nitrogens with one attached hydrogen (secondary N) is 1. The van der Waals surface area contributed by atoms with E-state index in [0.717, 1.165) is 18.5 Å². The van der Waals surface area contributed by atoms with Gasteiger partial charge in [0.25, 0.3) is 0 Å². The van der Waals surface area contributed by atoms with Gasteiger partial charge in [0.2, 0.25) is 11.8 Å². The molecule has 2 aliphatic carbocycles. The molecule has 5 atom stereocenters. The maximum Gasteiger partial charge on any atom is 0.227 e. The number of carbonyl (C=O) groups excluding carboxylic acids is 1. The average molecular weight is 426 g/mol. The monoisotopic (exact) mass is 425 g/mol. The van der Waals surface area contributed by atoms with Gasteiger partial charge in [-0.3, -0.25) is 4.79 Å². The summed E-state index contributed by atoms with van der Waals surface area (Å²) in [4.78, 5) is 21.0. The minimum atomic E-state index is -0.336. The number of fused-ring (bicyclic) bond motifs is 2. The van der Waals surface area contributed by atoms with Crippen LogP contribution in [0.4, 0.5) is 10.1 Å². The van der Waals surface area contributed by atoms with E-state index >= 15 is 0 Å². The van der Waals surface area contributed by atoms with Crippen LogP contribution in [0.25, 0.3) is 10.9 Å². The SMILES string of the molecule is CC(C(=O)Nc1ccc(Cl)cc1)C1[C@H]2CC(Oc3ncnc4ccc(F)cc34)C[C@@H]12. The summed E-state index contributed by atoms with van der Waals surface area (Å²) in [6.45, 7) is 1.99. The molecular weight excluding hydrogens is 405 g/mol. The van der Waals surface area contributed by atoms with Crippen molar-refractivity contribution in [3.8, 4) is 5.88 Å². The standard InChI is InChI=1S/C23H21ClFN3O2/c1-12(22(29)28-15-5-2-13(24)3-6-15)21-17-9-16(10-18(17)21)30-23-19-8-14(25)4-7-20(19)26-11-27-23/h2-8,11-12,16-18,21H,9-10H2,1H3,(H,28,29)/t12?,16?,17-,18+,21?. The van der Waals surface area contributed by atoms with Crippen LogP contribution < -0.4 is 10.1 Å². The predicted octanol–water partition coefficient (Wildman–Crippen LogP) is 5.10. The number of hydrogen-bond donors (Lipinski definition) is 1. The molecule has 2 fully saturated rings. The second-order valence-corrected chi connectivity index (χ2v) is 8.68. The molecule has 0 aliphatic heterocycles. The van der Waals surface area contributed by atoms with Gasteiger partial charge in [0.1, 0.15) is 18.2 Å². The summed E-state index contributed by atoms with van der Waals surface area (Å²) in [7, 11) is 0. The number of anilines is 1. The maximum absolute atomic E-state index is 13.6. The molecule has 2 saturated carbocycles. The van der Waals surface area contributed by atoms with E-state index in [9.17, 15) is 9.18 Å². The second-order valence-electron chi connectivity index (χ2n) is 8.24. The molecule has 1 heterocycles. The Bertz CT molecular complexity index is 1100. The Balaban J connectivity index is 1.20. The highest BCUT2D eigenvalue weighted by atomic mass is 35.5. The highest BCUT2D eigenvalue weighted by Crippen LogP contribution is 2.61. The van der Waals surface area contributed by atoms with Crippen molar-refractivity contribution in [2.24, 2.45) is 23.7 Å². The van der Waals surface area contributed by atoms with Crippen molar-refractivity contribution in [2.75, 3.05) is 5.32 Å². The van der Waals surface area contributed by atoms with E-state index in [2.05, 4.69) is 15.3 Å². The molecule has 3 unspecified atom stereocenters. The van der Waals surface area contributed by atoms with Gasteiger partial charge in [-0.15, -0.1) is 0 Å². The fraction of sp³-hybridized carbons (Fsp3) is 0.348. The van der Waals surface area contributed by atoms with Crippen LogP contribution in [-0.2, 0) is 4.79 Å². The van der Waals surface area contributed by atoms with Crippen molar-refractivity contribution in [1.82, 2.24) is 9.97 Å². The average Bonchev–Trinajstić information content (AvgIpc) is 3.24. The fourth-order valence-corrected chi connectivity index (χ4v) is 5.03. The Morgan fingerprint density at radius 1 is 1.17 bits per heavy atom. The van der Waals surface area contributed by atoms with E-state index in [1.54, 1.807) is 30.3 Å². The number of carbonyl (C=O) groups is 1. The lowest BCUT2D eigenvalue weighted by Gasteiger charge is -2.19. The van der Waals surface area contributed by atoms with Crippen molar-refractivity contribution < 1.29 is 13.9 Å². The van der Waals surface area contributed by atoms with Gasteiger partial charge >= 0.3 is 0 Å². The number of ether oxygens (including phenoxy) is 1. The van der Waals surface area contributed by atoms with E-state index in [1.807, 2.05) is 6.92 Å². The van der Waals surface area contributed by atoms with Gasteiger partial charge in [-0.1, -0.05) is 18.5 Å². The van der Waals surface area contributed by atoms with E-state index in [1.165, 1.54) is 18.5 Å². The lowest BCUT2D eigenvalue weighted by atomic mass is 9.97. The molecule has 1 amide bonds. The third kappa shape index (κ3) is 3.60. The van der Waals surface area contributed by atoms with Gasteiger partial charge in [0, 0.05) is 16.6 Å². The minimum Gasteiger partial charge on any atom is -0.474 e. The molecule has 0 saturated heterocycles. The molecule has 30 heavy (non-hydrogen) atoms. The largest absolute Gasteiger partial charge is 0.474 e. The molecule has 3 aromatic rings. The zero-order chi connectivity index (χ0) is 20.8. The number of nitrogens with zero attached hydrogens (tertiary/aromatic N) is 2. The minimum absolute atomic E-state index is 0.0316. The summed E-state index contributed by atoms with van der Waals surface area (Å²) in [5.41, 5.74) is 1.42. The van der Waals surface area contributed by atoms with E-state index in [0.29, 0.717) is 39.6 Å². The molecular formula is C23H21ClFN3O2. The maximum atomic E-state index is 13.6. The number of amides is 1. The van der Waals surface area contributed by atoms with Crippen LogP contribution in [0.2, 0.25) is 5.02 Å². The Morgan fingerprint density at radius 2 is 1.90 bits per heavy atom. The van der Waals surface area contributed by atoms with Gasteiger partial charge in [-0.2, -0.15) is 0 Å². The topological polar surface area (TPSA) is 64.1 Å². The Hall–Kier alpha value is -2.73. The van der Waals surface area contributed by atoms with Crippen LogP contribution in [0, 0.1) is 29.5 Å². The molecule has 5 rings (SSSR count). The summed E-state index contributed by atoms with van der Waals surface area (Å²) < 4.78 is 19.7. The third-order valence-electron chi connectivity index (χ3n) is 6.41. The summed E-state index contributed by atoms with van der Waals surface area (Å²) in [6.07, 6.45) is 3.24. The van der Waals surface area contributed by atoms with Crippen molar-refractivity contribution in [2.45, 2.75) is 25.9 Å². The molecule has 5 nitrogen and oxygen atoms in total. The Kier molecular flexibility index (Phi) is 4.82. The van der Waals surface area contributed by atoms with Crippen molar-refractivity contribution in [1.29, 1.82) is 0 Å². The first-order valence-corrected chi connectivity index (χ1v) is 10.5. The van der Waals surface area contributed by atoms with Crippen LogP contribution in [0.15, 0.2) is 48.8 Å². The Morgan fingerprint density at radius 3 is 2.63 bits per heavy atom. The van der Waals surface area contributed by atoms with Gasteiger partial charge in [-0.25, -0.2) is 14.4 Å². The molecule has 0 radical (unpaired) electrons. The highest BCUT2D eigenvalue weighted by Gasteiger charge is 2.59. The van der Waals surface area contributed by atoms with E-state index in [4.69, 9.17) is 16.3 Å². The zero-order valence-electron chi connectivity index (χ0n) is 16.4. The lowest BCUT2D eigenvalue weighted by Crippen LogP contribution is -2.25. The molecule has 154 valence electrons. The van der Waals surface area contributed by atoms with Gasteiger partial charge in [-0.05, 0) is 73.1 Å². The summed E-state index contributed by atoms with van der Waals surface area (Å²) >= 11 is 5.90. The molecule has 2 aliphatic rings. The second kappa shape index (κ2) is 7.51. The van der Waals surface area contributed by atoms with Crippen molar-refractivity contribution >= 4 is 34.1 Å². The van der Waals surface area contributed by atoms with Crippen LogP contribution in [-0.4, -0.2) is 22.0 Å². The summed E-state index contributed by atoms with van der Waals surface area (Å²) in [5.74, 6) is 1.39. The lowest BCUT2D eigenvalue weighted by molar-refractivity contribution is -0.120. The smallest absolute Gasteiger partial charge is 0.227 e. The van der Waals surface area contributed by atoms with E-state index in [-0.39, 0.29) is 23.7 Å². The fourth-order valence-electron chi connectivity index (χ4n) is 4.90. The van der Waals surface area contributed by atoms with Crippen LogP contribution >= 0.6 is 11.6 Å². The number of aromatic nitrogens is 2. The number of benzene rings is 2. The van der Waals surface area contributed by atoms with Gasteiger partial charge in [0.05, 0.1) is 10.9 Å². The molecule has 0 spiro atoms. The molecule has 0 bridgehead atoms. The molecule has 7 heteroatoms. The van der Waals surface area contributed by atoms with Crippen molar-refractivity contribution in [3.05, 3.63) is 59.6 Å². The first-order valence-electron chi connectivity index (χ1n) is 10.1. The number of halogens is 2.